The highest BCUT2D eigenvalue weighted by Gasteiger charge is 2.29. The first-order valence-corrected chi connectivity index (χ1v) is 11.9. The van der Waals surface area contributed by atoms with Crippen molar-refractivity contribution in [2.45, 2.75) is 76.4 Å². The van der Waals surface area contributed by atoms with Crippen molar-refractivity contribution >= 4 is 21.6 Å². The van der Waals surface area contributed by atoms with Gasteiger partial charge in [-0.25, -0.2) is 14.1 Å². The van der Waals surface area contributed by atoms with Gasteiger partial charge in [0.05, 0.1) is 5.60 Å². The Kier molecular flexibility index (Phi) is 5.07. The average molecular weight is 432 g/mol. The van der Waals surface area contributed by atoms with Crippen LogP contribution in [0.3, 0.4) is 0 Å². The summed E-state index contributed by atoms with van der Waals surface area (Å²) in [5.41, 5.74) is 4.98. The number of amides is 2. The molecule has 0 radical (unpaired) electrons. The van der Waals surface area contributed by atoms with E-state index in [0.717, 1.165) is 48.9 Å². The molecular weight excluding hydrogens is 402 g/mol. The first kappa shape index (κ1) is 21.1. The molecule has 8 heteroatoms. The second kappa shape index (κ2) is 7.21. The molecule has 2 amide bonds. The number of benzene rings is 1. The number of aryl methyl sites for hydroxylation is 2. The lowest BCUT2D eigenvalue weighted by Gasteiger charge is -2.16. The third kappa shape index (κ3) is 3.68. The predicted octanol–water partition coefficient (Wildman–Crippen LogP) is 4.29. The molecule has 0 saturated carbocycles. The standard InChI is InChI=1S/C22H29N3O4S/c1-12-8-9-16-17(12)10-14-6-5-7-15(14)20(16)24-21(26)25-30(23,28)19-11-18(13(2)29-19)22(3,4)27/h10-12,27H,5-9H2,1-4H3,(H3,23,24,25,26,28)/t12?,30-/m0/s1. The van der Waals surface area contributed by atoms with E-state index in [1.165, 1.54) is 17.2 Å². The number of hydrogen-bond acceptors (Lipinski definition) is 4. The zero-order chi connectivity index (χ0) is 21.8. The Labute approximate surface area is 177 Å². The lowest BCUT2D eigenvalue weighted by atomic mass is 9.96. The molecule has 0 saturated heterocycles. The van der Waals surface area contributed by atoms with Crippen LogP contribution in [0.5, 0.6) is 0 Å². The molecule has 1 heterocycles. The van der Waals surface area contributed by atoms with Gasteiger partial charge in [0.25, 0.3) is 0 Å². The lowest BCUT2D eigenvalue weighted by Crippen LogP contribution is -2.19. The molecule has 1 aromatic carbocycles. The highest BCUT2D eigenvalue weighted by atomic mass is 32.2. The van der Waals surface area contributed by atoms with E-state index in [1.807, 2.05) is 0 Å². The Balaban J connectivity index is 1.68. The van der Waals surface area contributed by atoms with Crippen molar-refractivity contribution in [1.29, 1.82) is 0 Å². The maximum Gasteiger partial charge on any atom is 0.354 e. The van der Waals surface area contributed by atoms with Crippen LogP contribution >= 0.6 is 0 Å². The molecule has 1 unspecified atom stereocenters. The largest absolute Gasteiger partial charge is 0.450 e. The highest BCUT2D eigenvalue weighted by molar-refractivity contribution is 7.91. The van der Waals surface area contributed by atoms with Gasteiger partial charge in [-0.05, 0) is 81.0 Å². The number of nitrogens with two attached hydrogens (primary N) is 1. The number of urea groups is 1. The van der Waals surface area contributed by atoms with Crippen LogP contribution < -0.4 is 10.5 Å². The molecule has 0 spiro atoms. The van der Waals surface area contributed by atoms with Crippen LogP contribution in [0, 0.1) is 6.92 Å². The van der Waals surface area contributed by atoms with E-state index < -0.39 is 21.5 Å². The van der Waals surface area contributed by atoms with Gasteiger partial charge in [-0.15, -0.1) is 4.36 Å². The molecule has 4 N–H and O–H groups in total. The van der Waals surface area contributed by atoms with Crippen LogP contribution in [0.15, 0.2) is 26.0 Å². The maximum absolute atomic E-state index is 13.0. The first-order valence-electron chi connectivity index (χ1n) is 10.3. The van der Waals surface area contributed by atoms with E-state index in [2.05, 4.69) is 22.7 Å². The topological polar surface area (TPSA) is 118 Å². The van der Waals surface area contributed by atoms with Crippen molar-refractivity contribution in [3.05, 3.63) is 45.7 Å². The molecule has 2 aliphatic rings. The van der Waals surface area contributed by atoms with E-state index in [1.54, 1.807) is 20.8 Å². The minimum Gasteiger partial charge on any atom is -0.450 e. The third-order valence-electron chi connectivity index (χ3n) is 6.19. The SMILES string of the molecule is Cc1oc([S@@](N)(=O)=NC(=O)Nc2c3c(cc4c2CCC4C)CCC3)cc1C(C)(C)O. The van der Waals surface area contributed by atoms with Crippen molar-refractivity contribution in [2.24, 2.45) is 9.50 Å². The smallest absolute Gasteiger partial charge is 0.354 e. The third-order valence-corrected chi connectivity index (χ3v) is 7.41. The summed E-state index contributed by atoms with van der Waals surface area (Å²) in [5.74, 6) is 0.850. The predicted molar refractivity (Wildman–Crippen MR) is 116 cm³/mol. The second-order valence-electron chi connectivity index (χ2n) is 8.93. The van der Waals surface area contributed by atoms with Crippen LogP contribution in [0.4, 0.5) is 10.5 Å². The summed E-state index contributed by atoms with van der Waals surface area (Å²) in [4.78, 5) is 12.7. The van der Waals surface area contributed by atoms with E-state index in [4.69, 9.17) is 9.56 Å². The normalized spacial score (nSPS) is 19.9. The number of hydrogen-bond donors (Lipinski definition) is 3. The Morgan fingerprint density at radius 2 is 2.03 bits per heavy atom. The van der Waals surface area contributed by atoms with E-state index >= 15 is 0 Å². The molecule has 2 atom stereocenters. The number of rotatable bonds is 3. The monoisotopic (exact) mass is 431 g/mol. The number of fused-ring (bicyclic) bond motifs is 2. The van der Waals surface area contributed by atoms with Gasteiger partial charge in [-0.3, -0.25) is 0 Å². The average Bonchev–Trinajstić information content (AvgIpc) is 3.33. The summed E-state index contributed by atoms with van der Waals surface area (Å²) in [7, 11) is -3.60. The molecular formula is C22H29N3O4S. The van der Waals surface area contributed by atoms with Crippen LogP contribution in [0.2, 0.25) is 0 Å². The van der Waals surface area contributed by atoms with Gasteiger partial charge in [0, 0.05) is 17.3 Å². The fraction of sp³-hybridized carbons (Fsp3) is 0.500. The minimum absolute atomic E-state index is 0.121. The van der Waals surface area contributed by atoms with E-state index in [9.17, 15) is 14.1 Å². The molecule has 2 aliphatic carbocycles. The Bertz CT molecular complexity index is 1150. The van der Waals surface area contributed by atoms with Crippen molar-refractivity contribution in [2.75, 3.05) is 5.32 Å². The molecule has 30 heavy (non-hydrogen) atoms. The van der Waals surface area contributed by atoms with Crippen molar-refractivity contribution in [1.82, 2.24) is 0 Å². The summed E-state index contributed by atoms with van der Waals surface area (Å²) in [6, 6.07) is 2.95. The summed E-state index contributed by atoms with van der Waals surface area (Å²) >= 11 is 0. The number of furan rings is 1. The number of carbonyl (C=O) groups is 1. The van der Waals surface area contributed by atoms with Gasteiger partial charge in [0.15, 0.2) is 9.92 Å². The number of aliphatic hydroxyl groups is 1. The molecule has 1 aromatic heterocycles. The summed E-state index contributed by atoms with van der Waals surface area (Å²) < 4.78 is 22.2. The number of anilines is 1. The quantitative estimate of drug-likeness (QED) is 0.672. The Hall–Kier alpha value is -2.16. The Morgan fingerprint density at radius 3 is 2.70 bits per heavy atom. The summed E-state index contributed by atoms with van der Waals surface area (Å²) in [6.45, 7) is 7.03. The molecule has 0 bridgehead atoms. The van der Waals surface area contributed by atoms with Crippen molar-refractivity contribution in [3.63, 3.8) is 0 Å². The van der Waals surface area contributed by atoms with Gasteiger partial charge in [0.1, 0.15) is 5.76 Å². The van der Waals surface area contributed by atoms with Crippen LogP contribution in [0.1, 0.15) is 73.1 Å². The zero-order valence-corrected chi connectivity index (χ0v) is 18.7. The highest BCUT2D eigenvalue weighted by Crippen LogP contribution is 2.43. The van der Waals surface area contributed by atoms with Gasteiger partial charge in [-0.2, -0.15) is 0 Å². The molecule has 0 fully saturated rings. The Morgan fingerprint density at radius 1 is 1.30 bits per heavy atom. The summed E-state index contributed by atoms with van der Waals surface area (Å²) in [6.07, 6.45) is 4.94. The van der Waals surface area contributed by atoms with Crippen LogP contribution in [-0.2, 0) is 34.8 Å². The zero-order valence-electron chi connectivity index (χ0n) is 17.9. The van der Waals surface area contributed by atoms with E-state index in [-0.39, 0.29) is 5.09 Å². The van der Waals surface area contributed by atoms with Gasteiger partial charge < -0.3 is 14.8 Å². The van der Waals surface area contributed by atoms with Crippen molar-refractivity contribution in [3.8, 4) is 0 Å². The lowest BCUT2D eigenvalue weighted by molar-refractivity contribution is 0.0769. The second-order valence-corrected chi connectivity index (χ2v) is 10.7. The van der Waals surface area contributed by atoms with Crippen LogP contribution in [0.25, 0.3) is 0 Å². The molecule has 7 nitrogen and oxygen atoms in total. The summed E-state index contributed by atoms with van der Waals surface area (Å²) in [5, 5.41) is 18.9. The van der Waals surface area contributed by atoms with Crippen molar-refractivity contribution < 1.29 is 18.5 Å². The molecule has 0 aliphatic heterocycles. The molecule has 4 rings (SSSR count). The fourth-order valence-corrected chi connectivity index (χ4v) is 5.61. The molecule has 162 valence electrons. The van der Waals surface area contributed by atoms with Gasteiger partial charge in [0.2, 0.25) is 5.09 Å². The molecule has 2 aromatic rings. The maximum atomic E-state index is 13.0. The first-order chi connectivity index (χ1) is 14.0. The minimum atomic E-state index is -3.60. The van der Waals surface area contributed by atoms with Gasteiger partial charge >= 0.3 is 6.03 Å². The number of carbonyl (C=O) groups excluding carboxylic acids is 1. The van der Waals surface area contributed by atoms with Gasteiger partial charge in [-0.1, -0.05) is 13.0 Å². The number of nitrogens with one attached hydrogen (secondary N) is 1. The fourth-order valence-electron chi connectivity index (χ4n) is 4.69. The van der Waals surface area contributed by atoms with E-state index in [0.29, 0.717) is 17.2 Å². The number of nitrogens with zero attached hydrogens (tertiary/aromatic N) is 1. The van der Waals surface area contributed by atoms with Crippen LogP contribution in [-0.4, -0.2) is 15.3 Å².